The van der Waals surface area contributed by atoms with Crippen LogP contribution in [0.1, 0.15) is 73.9 Å². The van der Waals surface area contributed by atoms with Gasteiger partial charge in [-0.2, -0.15) is 5.21 Å². The number of aromatic nitrogens is 8. The first-order valence-electron chi connectivity index (χ1n) is 12.5. The van der Waals surface area contributed by atoms with E-state index in [4.69, 9.17) is 9.97 Å². The molecule has 1 aliphatic rings. The molecule has 9 nitrogen and oxygen atoms in total. The topological polar surface area (TPSA) is 115 Å². The second-order valence-electron chi connectivity index (χ2n) is 9.14. The minimum absolute atomic E-state index is 0.0684. The number of rotatable bonds is 9. The van der Waals surface area contributed by atoms with Gasteiger partial charge in [0.1, 0.15) is 5.82 Å². The Morgan fingerprint density at radius 2 is 1.91 bits per heavy atom. The molecule has 0 unspecified atom stereocenters. The number of unbranched alkanes of at least 4 members (excludes halogenated alkanes) is 1. The fourth-order valence-corrected chi connectivity index (χ4v) is 4.69. The van der Waals surface area contributed by atoms with Gasteiger partial charge >= 0.3 is 0 Å². The van der Waals surface area contributed by atoms with Gasteiger partial charge in [-0.15, -0.1) is 15.3 Å². The Hall–Kier alpha value is -3.75. The van der Waals surface area contributed by atoms with Crippen LogP contribution in [0, 0.1) is 5.92 Å². The minimum atomic E-state index is 0.0684. The third-order valence-corrected chi connectivity index (χ3v) is 6.64. The summed E-state index contributed by atoms with van der Waals surface area (Å²) in [5.74, 6) is 1.90. The van der Waals surface area contributed by atoms with Crippen molar-refractivity contribution in [2.75, 3.05) is 0 Å². The Balaban J connectivity index is 1.37. The first kappa shape index (κ1) is 23.0. The number of tetrazole rings is 1. The highest BCUT2D eigenvalue weighted by Gasteiger charge is 2.26. The maximum atomic E-state index is 13.1. The Morgan fingerprint density at radius 1 is 1.09 bits per heavy atom. The molecule has 1 fully saturated rings. The molecular weight excluding hydrogens is 440 g/mol. The highest BCUT2D eigenvalue weighted by molar-refractivity contribution is 5.94. The molecule has 3 heterocycles. The number of carbonyl (C=O) groups excluding carboxylic acids is 1. The van der Waals surface area contributed by atoms with Crippen molar-refractivity contribution >= 4 is 5.78 Å². The molecular formula is C26H30N8O. The third kappa shape index (κ3) is 5.18. The lowest BCUT2D eigenvalue weighted by Crippen LogP contribution is -2.19. The van der Waals surface area contributed by atoms with Gasteiger partial charge in [0.25, 0.3) is 0 Å². The maximum Gasteiger partial charge on any atom is 0.217 e. The van der Waals surface area contributed by atoms with Gasteiger partial charge in [-0.1, -0.05) is 62.9 Å². The number of ketones is 1. The van der Waals surface area contributed by atoms with Gasteiger partial charge < -0.3 is 0 Å². The summed E-state index contributed by atoms with van der Waals surface area (Å²) in [5.41, 5.74) is 3.65. The highest BCUT2D eigenvalue weighted by atomic mass is 16.1. The Labute approximate surface area is 204 Å². The standard InChI is InChI=1S/C26H30N8O/c1-2-3-15-34-23(28-26(31-34)24(35)19-9-5-4-6-10-19)16-18-13-14-22(27-17-18)20-11-7-8-12-21(20)25-29-32-33-30-25/h7-8,11-14,17,19H,2-6,9-10,15-16H2,1H3,(H,29,30,32,33). The summed E-state index contributed by atoms with van der Waals surface area (Å²) in [7, 11) is 0. The number of H-pyrrole nitrogens is 1. The molecule has 0 aliphatic heterocycles. The van der Waals surface area contributed by atoms with Gasteiger partial charge in [0, 0.05) is 36.2 Å². The SMILES string of the molecule is CCCCn1nc(C(=O)C2CCCCC2)nc1Cc1ccc(-c2ccccc2-c2nn[nH]n2)nc1. The van der Waals surface area contributed by atoms with Crippen molar-refractivity contribution in [3.63, 3.8) is 0 Å². The number of hydrogen-bond donors (Lipinski definition) is 1. The lowest BCUT2D eigenvalue weighted by Gasteiger charge is -2.18. The van der Waals surface area contributed by atoms with Gasteiger partial charge in [0.05, 0.1) is 5.69 Å². The molecule has 0 saturated heterocycles. The van der Waals surface area contributed by atoms with Gasteiger partial charge in [-0.25, -0.2) is 9.67 Å². The number of hydrogen-bond acceptors (Lipinski definition) is 7. The number of pyridine rings is 1. The lowest BCUT2D eigenvalue weighted by molar-refractivity contribution is 0.0878. The van der Waals surface area contributed by atoms with E-state index in [0.29, 0.717) is 18.1 Å². The smallest absolute Gasteiger partial charge is 0.217 e. The molecule has 1 N–H and O–H groups in total. The molecule has 5 rings (SSSR count). The first-order valence-corrected chi connectivity index (χ1v) is 12.5. The molecule has 0 amide bonds. The van der Waals surface area contributed by atoms with Crippen molar-refractivity contribution in [1.82, 2.24) is 40.4 Å². The van der Waals surface area contributed by atoms with Crippen molar-refractivity contribution in [2.45, 2.75) is 64.8 Å². The fraction of sp³-hybridized carbons (Fsp3) is 0.423. The maximum absolute atomic E-state index is 13.1. The van der Waals surface area contributed by atoms with Crippen molar-refractivity contribution in [3.8, 4) is 22.6 Å². The monoisotopic (exact) mass is 470 g/mol. The van der Waals surface area contributed by atoms with Crippen LogP contribution in [0.4, 0.5) is 0 Å². The molecule has 1 aliphatic carbocycles. The zero-order chi connectivity index (χ0) is 24.0. The summed E-state index contributed by atoms with van der Waals surface area (Å²) in [6, 6.07) is 11.9. The zero-order valence-electron chi connectivity index (χ0n) is 20.0. The first-order chi connectivity index (χ1) is 17.2. The summed E-state index contributed by atoms with van der Waals surface area (Å²) < 4.78 is 1.92. The van der Waals surface area contributed by atoms with Crippen LogP contribution in [-0.4, -0.2) is 46.2 Å². The number of nitrogens with zero attached hydrogens (tertiary/aromatic N) is 7. The number of benzene rings is 1. The van der Waals surface area contributed by atoms with Crippen molar-refractivity contribution in [3.05, 3.63) is 59.8 Å². The van der Waals surface area contributed by atoms with Crippen molar-refractivity contribution < 1.29 is 4.79 Å². The van der Waals surface area contributed by atoms with E-state index in [1.165, 1.54) is 6.42 Å². The Morgan fingerprint density at radius 3 is 2.63 bits per heavy atom. The average Bonchev–Trinajstić information content (AvgIpc) is 3.59. The van der Waals surface area contributed by atoms with Crippen molar-refractivity contribution in [2.24, 2.45) is 5.92 Å². The van der Waals surface area contributed by atoms with Crippen LogP contribution in [-0.2, 0) is 13.0 Å². The minimum Gasteiger partial charge on any atom is -0.290 e. The molecule has 180 valence electrons. The number of aryl methyl sites for hydroxylation is 1. The van der Waals surface area contributed by atoms with E-state index in [9.17, 15) is 4.79 Å². The summed E-state index contributed by atoms with van der Waals surface area (Å²) in [4.78, 5) is 22.5. The third-order valence-electron chi connectivity index (χ3n) is 6.64. The van der Waals surface area contributed by atoms with Gasteiger partial charge in [-0.05, 0) is 36.1 Å². The molecule has 0 bridgehead atoms. The summed E-state index contributed by atoms with van der Waals surface area (Å²) >= 11 is 0. The van der Waals surface area contributed by atoms with Crippen molar-refractivity contribution in [1.29, 1.82) is 0 Å². The van der Waals surface area contributed by atoms with Crippen LogP contribution < -0.4 is 0 Å². The van der Waals surface area contributed by atoms with Crippen LogP contribution in [0.25, 0.3) is 22.6 Å². The van der Waals surface area contributed by atoms with Crippen LogP contribution >= 0.6 is 0 Å². The fourth-order valence-electron chi connectivity index (χ4n) is 4.69. The molecule has 0 radical (unpaired) electrons. The molecule has 35 heavy (non-hydrogen) atoms. The van der Waals surface area contributed by atoms with Crippen LogP contribution in [0.5, 0.6) is 0 Å². The normalized spacial score (nSPS) is 14.3. The molecule has 1 aromatic carbocycles. The zero-order valence-corrected chi connectivity index (χ0v) is 20.0. The Kier molecular flexibility index (Phi) is 7.02. The highest BCUT2D eigenvalue weighted by Crippen LogP contribution is 2.29. The van der Waals surface area contributed by atoms with E-state index in [0.717, 1.165) is 73.3 Å². The van der Waals surface area contributed by atoms with Gasteiger partial charge in [0.2, 0.25) is 17.4 Å². The van der Waals surface area contributed by atoms with E-state index >= 15 is 0 Å². The molecule has 1 saturated carbocycles. The van der Waals surface area contributed by atoms with E-state index in [1.54, 1.807) is 0 Å². The van der Waals surface area contributed by atoms with Crippen LogP contribution in [0.2, 0.25) is 0 Å². The van der Waals surface area contributed by atoms with E-state index in [2.05, 4.69) is 38.7 Å². The molecule has 3 aromatic heterocycles. The number of Topliss-reactive ketones (excluding diaryl/α,β-unsaturated/α-hetero) is 1. The average molecular weight is 471 g/mol. The van der Waals surface area contributed by atoms with E-state index in [-0.39, 0.29) is 11.7 Å². The summed E-state index contributed by atoms with van der Waals surface area (Å²) in [6.45, 7) is 2.92. The lowest BCUT2D eigenvalue weighted by atomic mass is 9.86. The molecule has 0 spiro atoms. The van der Waals surface area contributed by atoms with E-state index in [1.807, 2.05) is 41.2 Å². The van der Waals surface area contributed by atoms with Gasteiger partial charge in [-0.3, -0.25) is 9.78 Å². The summed E-state index contributed by atoms with van der Waals surface area (Å²) in [6.07, 6.45) is 9.86. The van der Waals surface area contributed by atoms with Crippen LogP contribution in [0.15, 0.2) is 42.6 Å². The number of aromatic amines is 1. The Bertz CT molecular complexity index is 1260. The molecule has 9 heteroatoms. The quantitative estimate of drug-likeness (QED) is 0.353. The summed E-state index contributed by atoms with van der Waals surface area (Å²) in [5, 5.41) is 19.0. The second kappa shape index (κ2) is 10.7. The molecule has 0 atom stereocenters. The number of nitrogens with one attached hydrogen (secondary N) is 1. The predicted molar refractivity (Wildman–Crippen MR) is 131 cm³/mol. The largest absolute Gasteiger partial charge is 0.290 e. The van der Waals surface area contributed by atoms with E-state index < -0.39 is 0 Å². The second-order valence-corrected chi connectivity index (χ2v) is 9.14. The van der Waals surface area contributed by atoms with Gasteiger partial charge in [0.15, 0.2) is 0 Å². The molecule has 4 aromatic rings. The van der Waals surface area contributed by atoms with Crippen LogP contribution in [0.3, 0.4) is 0 Å². The number of carbonyl (C=O) groups is 1. The predicted octanol–water partition coefficient (Wildman–Crippen LogP) is 4.67.